The molecule has 0 spiro atoms. The van der Waals surface area contributed by atoms with Gasteiger partial charge < -0.3 is 14.2 Å². The lowest BCUT2D eigenvalue weighted by molar-refractivity contribution is -0.164. The van der Waals surface area contributed by atoms with Crippen molar-refractivity contribution in [3.63, 3.8) is 0 Å². The zero-order valence-electron chi connectivity index (χ0n) is 6.69. The minimum absolute atomic E-state index is 0.0128. The molecule has 0 radical (unpaired) electrons. The predicted octanol–water partition coefficient (Wildman–Crippen LogP) is 1.000. The van der Waals surface area contributed by atoms with Gasteiger partial charge in [-0.1, -0.05) is 0 Å². The van der Waals surface area contributed by atoms with E-state index < -0.39 is 0 Å². The molecule has 0 aromatic carbocycles. The second kappa shape index (κ2) is 3.24. The number of fused-ring (bicyclic) bond motifs is 1. The molecular weight excluding hydrogens is 180 g/mol. The van der Waals surface area contributed by atoms with Crippen molar-refractivity contribution in [3.8, 4) is 0 Å². The molecule has 2 aliphatic rings. The summed E-state index contributed by atoms with van der Waals surface area (Å²) in [6.07, 6.45) is 0.429. The summed E-state index contributed by atoms with van der Waals surface area (Å²) < 4.78 is 15.4. The zero-order chi connectivity index (χ0) is 8.55. The molecule has 12 heavy (non-hydrogen) atoms. The van der Waals surface area contributed by atoms with Gasteiger partial charge >= 0.3 is 5.30 Å². The maximum absolute atomic E-state index is 10.8. The molecule has 0 N–H and O–H groups in total. The molecule has 2 rings (SSSR count). The van der Waals surface area contributed by atoms with Crippen molar-refractivity contribution >= 4 is 17.1 Å². The summed E-state index contributed by atoms with van der Waals surface area (Å²) in [5.41, 5.74) is 0. The van der Waals surface area contributed by atoms with Crippen LogP contribution in [0.1, 0.15) is 6.42 Å². The van der Waals surface area contributed by atoms with Gasteiger partial charge in [-0.3, -0.25) is 0 Å². The van der Waals surface area contributed by atoms with Crippen molar-refractivity contribution in [2.45, 2.75) is 24.1 Å². The lowest BCUT2D eigenvalue weighted by Gasteiger charge is -2.28. The van der Waals surface area contributed by atoms with Crippen LogP contribution in [0.4, 0.5) is 4.79 Å². The Morgan fingerprint density at radius 3 is 3.25 bits per heavy atom. The summed E-state index contributed by atoms with van der Waals surface area (Å²) in [5, 5.41) is -0.0192. The second-order valence-electron chi connectivity index (χ2n) is 2.80. The van der Waals surface area contributed by atoms with Crippen LogP contribution in [0, 0.1) is 0 Å². The Bertz CT molecular complexity index is 196. The van der Waals surface area contributed by atoms with Crippen molar-refractivity contribution in [2.75, 3.05) is 13.7 Å². The molecule has 0 aromatic heterocycles. The van der Waals surface area contributed by atoms with Crippen LogP contribution >= 0.6 is 11.8 Å². The Labute approximate surface area is 74.5 Å². The summed E-state index contributed by atoms with van der Waals surface area (Å²) in [7, 11) is 1.59. The number of rotatable bonds is 1. The van der Waals surface area contributed by atoms with Crippen LogP contribution in [0.15, 0.2) is 0 Å². The third-order valence-electron chi connectivity index (χ3n) is 2.04. The summed E-state index contributed by atoms with van der Waals surface area (Å²) in [4.78, 5) is 10.8. The molecule has 0 saturated carbocycles. The van der Waals surface area contributed by atoms with Crippen LogP contribution in [-0.4, -0.2) is 36.7 Å². The van der Waals surface area contributed by atoms with Gasteiger partial charge in [0.2, 0.25) is 0 Å². The Balaban J connectivity index is 1.97. The minimum atomic E-state index is -0.210. The quantitative estimate of drug-likeness (QED) is 0.577. The molecule has 0 aromatic rings. The van der Waals surface area contributed by atoms with E-state index in [4.69, 9.17) is 14.2 Å². The average molecular weight is 190 g/mol. The first kappa shape index (κ1) is 8.34. The van der Waals surface area contributed by atoms with Crippen LogP contribution in [0.3, 0.4) is 0 Å². The van der Waals surface area contributed by atoms with Crippen LogP contribution in [-0.2, 0) is 14.2 Å². The Morgan fingerprint density at radius 1 is 1.67 bits per heavy atom. The fraction of sp³-hybridized carbons (Fsp3) is 0.857. The van der Waals surface area contributed by atoms with Crippen molar-refractivity contribution in [1.29, 1.82) is 0 Å². The van der Waals surface area contributed by atoms with Crippen LogP contribution < -0.4 is 0 Å². The first-order valence-corrected chi connectivity index (χ1v) is 4.69. The molecular formula is C7H10O4S. The molecule has 0 bridgehead atoms. The summed E-state index contributed by atoms with van der Waals surface area (Å²) in [6, 6.07) is 0. The second-order valence-corrected chi connectivity index (χ2v) is 3.97. The summed E-state index contributed by atoms with van der Waals surface area (Å²) >= 11 is 1.22. The fourth-order valence-corrected chi connectivity index (χ4v) is 2.28. The van der Waals surface area contributed by atoms with E-state index in [1.165, 1.54) is 11.8 Å². The van der Waals surface area contributed by atoms with E-state index in [-0.39, 0.29) is 22.9 Å². The molecule has 2 saturated heterocycles. The van der Waals surface area contributed by atoms with Crippen molar-refractivity contribution < 1.29 is 19.0 Å². The summed E-state index contributed by atoms with van der Waals surface area (Å²) in [5.74, 6) is 0. The van der Waals surface area contributed by atoms with Crippen molar-refractivity contribution in [2.24, 2.45) is 0 Å². The normalized spacial score (nSPS) is 40.8. The first-order chi connectivity index (χ1) is 5.79. The van der Waals surface area contributed by atoms with E-state index >= 15 is 0 Å². The Morgan fingerprint density at radius 2 is 2.50 bits per heavy atom. The van der Waals surface area contributed by atoms with E-state index in [1.54, 1.807) is 7.11 Å². The van der Waals surface area contributed by atoms with Gasteiger partial charge in [-0.25, -0.2) is 4.79 Å². The standard InChI is InChI=1S/C7H10O4S/c1-9-6-2-4-5(3-10-6)12-7(8)11-4/h4-6H,2-3H2,1H3/t4-,5+,6+/m0/s1. The average Bonchev–Trinajstić information content (AvgIpc) is 2.43. The summed E-state index contributed by atoms with van der Waals surface area (Å²) in [6.45, 7) is 0.541. The lowest BCUT2D eigenvalue weighted by atomic mass is 10.1. The number of hydrogen-bond acceptors (Lipinski definition) is 5. The molecule has 2 aliphatic heterocycles. The Hall–Kier alpha value is -0.260. The number of ether oxygens (including phenoxy) is 3. The smallest absolute Gasteiger partial charge is 0.368 e. The molecule has 3 atom stereocenters. The number of methoxy groups -OCH3 is 1. The predicted molar refractivity (Wildman–Crippen MR) is 43.0 cm³/mol. The van der Waals surface area contributed by atoms with Gasteiger partial charge in [-0.15, -0.1) is 0 Å². The minimum Gasteiger partial charge on any atom is -0.453 e. The zero-order valence-corrected chi connectivity index (χ0v) is 7.50. The fourth-order valence-electron chi connectivity index (χ4n) is 1.39. The number of hydrogen-bond donors (Lipinski definition) is 0. The van der Waals surface area contributed by atoms with E-state index in [0.717, 1.165) is 0 Å². The molecule has 68 valence electrons. The van der Waals surface area contributed by atoms with E-state index in [9.17, 15) is 4.79 Å². The maximum atomic E-state index is 10.8. The van der Waals surface area contributed by atoms with Gasteiger partial charge in [0, 0.05) is 13.5 Å². The van der Waals surface area contributed by atoms with Gasteiger partial charge in [0.1, 0.15) is 6.10 Å². The van der Waals surface area contributed by atoms with Gasteiger partial charge in [0.15, 0.2) is 6.29 Å². The number of carbonyl (C=O) groups excluding carboxylic acids is 1. The highest BCUT2D eigenvalue weighted by molar-refractivity contribution is 8.14. The highest BCUT2D eigenvalue weighted by Crippen LogP contribution is 2.34. The highest BCUT2D eigenvalue weighted by atomic mass is 32.2. The monoisotopic (exact) mass is 190 g/mol. The topological polar surface area (TPSA) is 44.8 Å². The third-order valence-corrected chi connectivity index (χ3v) is 3.07. The number of thioether (sulfide) groups is 1. The molecule has 5 heteroatoms. The maximum Gasteiger partial charge on any atom is 0.368 e. The molecule has 2 heterocycles. The SMILES string of the molecule is CO[C@H]1C[C@@H]2OC(=O)S[C@@H]2CO1. The van der Waals surface area contributed by atoms with Crippen LogP contribution in [0.5, 0.6) is 0 Å². The first-order valence-electron chi connectivity index (χ1n) is 3.81. The van der Waals surface area contributed by atoms with E-state index in [1.807, 2.05) is 0 Å². The van der Waals surface area contributed by atoms with Crippen molar-refractivity contribution in [3.05, 3.63) is 0 Å². The van der Waals surface area contributed by atoms with Gasteiger partial charge in [-0.2, -0.15) is 0 Å². The molecule has 2 fully saturated rings. The third kappa shape index (κ3) is 1.44. The van der Waals surface area contributed by atoms with Crippen LogP contribution in [0.2, 0.25) is 0 Å². The molecule has 0 amide bonds. The Kier molecular flexibility index (Phi) is 2.25. The van der Waals surface area contributed by atoms with Gasteiger partial charge in [-0.05, 0) is 11.8 Å². The molecule has 0 aliphatic carbocycles. The number of carbonyl (C=O) groups is 1. The molecule has 0 unspecified atom stereocenters. The largest absolute Gasteiger partial charge is 0.453 e. The van der Waals surface area contributed by atoms with Crippen LogP contribution in [0.25, 0.3) is 0 Å². The van der Waals surface area contributed by atoms with Crippen molar-refractivity contribution in [1.82, 2.24) is 0 Å². The highest BCUT2D eigenvalue weighted by Gasteiger charge is 2.41. The van der Waals surface area contributed by atoms with Gasteiger partial charge in [0.25, 0.3) is 0 Å². The van der Waals surface area contributed by atoms with Gasteiger partial charge in [0.05, 0.1) is 11.9 Å². The van der Waals surface area contributed by atoms with E-state index in [2.05, 4.69) is 0 Å². The lowest BCUT2D eigenvalue weighted by Crippen LogP contribution is -2.38. The molecule has 4 nitrogen and oxygen atoms in total. The van der Waals surface area contributed by atoms with E-state index in [0.29, 0.717) is 13.0 Å².